The molecule has 0 saturated heterocycles. The lowest BCUT2D eigenvalue weighted by molar-refractivity contribution is -0.123. The lowest BCUT2D eigenvalue weighted by Crippen LogP contribution is -2.29. The lowest BCUT2D eigenvalue weighted by Gasteiger charge is -2.12. The minimum atomic E-state index is -0.503. The van der Waals surface area contributed by atoms with E-state index in [1.54, 1.807) is 12.1 Å². The first-order valence-electron chi connectivity index (χ1n) is 9.02. The van der Waals surface area contributed by atoms with Gasteiger partial charge < -0.3 is 14.8 Å². The van der Waals surface area contributed by atoms with Crippen LogP contribution in [0.3, 0.4) is 0 Å². The molecule has 0 spiro atoms. The molecule has 0 aromatic heterocycles. The van der Waals surface area contributed by atoms with Crippen LogP contribution >= 0.6 is 0 Å². The molecule has 134 valence electrons. The molecule has 1 N–H and O–H groups in total. The van der Waals surface area contributed by atoms with Crippen LogP contribution in [-0.2, 0) is 22.4 Å². The Kier molecular flexibility index (Phi) is 4.61. The Labute approximate surface area is 152 Å². The molecule has 26 heavy (non-hydrogen) atoms. The van der Waals surface area contributed by atoms with Crippen LogP contribution in [0, 0.1) is 0 Å². The number of rotatable bonds is 6. The van der Waals surface area contributed by atoms with E-state index < -0.39 is 6.10 Å². The number of hydrogen-bond acceptors (Lipinski definition) is 4. The van der Waals surface area contributed by atoms with Gasteiger partial charge in [-0.2, -0.15) is 0 Å². The minimum absolute atomic E-state index is 0.127. The van der Waals surface area contributed by atoms with E-state index in [1.165, 1.54) is 17.5 Å². The van der Waals surface area contributed by atoms with Crippen molar-refractivity contribution in [1.29, 1.82) is 0 Å². The van der Waals surface area contributed by atoms with Crippen LogP contribution in [0.1, 0.15) is 46.0 Å². The quantitative estimate of drug-likeness (QED) is 0.642. The van der Waals surface area contributed by atoms with Gasteiger partial charge in [0.2, 0.25) is 5.91 Å². The van der Waals surface area contributed by atoms with Gasteiger partial charge in [-0.25, -0.2) is 4.79 Å². The average Bonchev–Trinajstić information content (AvgIpc) is 3.24. The van der Waals surface area contributed by atoms with Gasteiger partial charge in [0.15, 0.2) is 0 Å². The standard InChI is InChI=1S/C21H21NO4/c23-20(13-19-17-6-1-2-7-18(17)21(24)26-19)22-10-11-25-16-9-8-14-4-3-5-15(14)12-16/h1-2,6-9,12,19H,3-5,10-11,13H2,(H,22,23). The number of carbonyl (C=O) groups excluding carboxylic acids is 2. The summed E-state index contributed by atoms with van der Waals surface area (Å²) in [5, 5.41) is 2.82. The van der Waals surface area contributed by atoms with E-state index in [2.05, 4.69) is 17.4 Å². The molecule has 0 saturated carbocycles. The highest BCUT2D eigenvalue weighted by Crippen LogP contribution is 2.32. The van der Waals surface area contributed by atoms with Gasteiger partial charge >= 0.3 is 5.97 Å². The zero-order valence-electron chi connectivity index (χ0n) is 14.5. The van der Waals surface area contributed by atoms with Gasteiger partial charge in [0.05, 0.1) is 18.5 Å². The van der Waals surface area contributed by atoms with Gasteiger partial charge in [-0.05, 0) is 48.6 Å². The zero-order chi connectivity index (χ0) is 17.9. The molecular formula is C21H21NO4. The first-order valence-corrected chi connectivity index (χ1v) is 9.02. The Morgan fingerprint density at radius 2 is 2.00 bits per heavy atom. The summed E-state index contributed by atoms with van der Waals surface area (Å²) in [6.07, 6.45) is 3.10. The highest BCUT2D eigenvalue weighted by Gasteiger charge is 2.31. The number of amides is 1. The predicted octanol–water partition coefficient (Wildman–Crippen LogP) is 2.97. The third-order valence-corrected chi connectivity index (χ3v) is 4.91. The molecule has 4 rings (SSSR count). The van der Waals surface area contributed by atoms with E-state index in [0.717, 1.165) is 24.2 Å². The van der Waals surface area contributed by atoms with Crippen molar-refractivity contribution in [1.82, 2.24) is 5.32 Å². The number of ether oxygens (including phenoxy) is 2. The van der Waals surface area contributed by atoms with Gasteiger partial charge in [0.25, 0.3) is 0 Å². The van der Waals surface area contributed by atoms with Gasteiger partial charge in [-0.15, -0.1) is 0 Å². The molecule has 1 atom stereocenters. The molecule has 1 aliphatic heterocycles. The molecule has 5 nitrogen and oxygen atoms in total. The second kappa shape index (κ2) is 7.20. The molecule has 0 fully saturated rings. The summed E-state index contributed by atoms with van der Waals surface area (Å²) < 4.78 is 11.0. The van der Waals surface area contributed by atoms with Crippen molar-refractivity contribution in [3.63, 3.8) is 0 Å². The molecule has 2 aromatic carbocycles. The molecular weight excluding hydrogens is 330 g/mol. The summed E-state index contributed by atoms with van der Waals surface area (Å²) in [5.74, 6) is 0.328. The highest BCUT2D eigenvalue weighted by atomic mass is 16.5. The summed E-state index contributed by atoms with van der Waals surface area (Å²) in [4.78, 5) is 23.9. The van der Waals surface area contributed by atoms with Gasteiger partial charge in [-0.1, -0.05) is 24.3 Å². The number of aryl methyl sites for hydroxylation is 2. The molecule has 1 aliphatic carbocycles. The topological polar surface area (TPSA) is 64.6 Å². The number of hydrogen-bond donors (Lipinski definition) is 1. The van der Waals surface area contributed by atoms with Crippen LogP contribution < -0.4 is 10.1 Å². The summed E-state index contributed by atoms with van der Waals surface area (Å²) in [6, 6.07) is 13.4. The van der Waals surface area contributed by atoms with E-state index in [0.29, 0.717) is 18.7 Å². The Morgan fingerprint density at radius 3 is 2.92 bits per heavy atom. The van der Waals surface area contributed by atoms with Crippen molar-refractivity contribution >= 4 is 11.9 Å². The Hall–Kier alpha value is -2.82. The molecule has 0 bridgehead atoms. The highest BCUT2D eigenvalue weighted by molar-refractivity contribution is 5.94. The Morgan fingerprint density at radius 1 is 1.15 bits per heavy atom. The summed E-state index contributed by atoms with van der Waals surface area (Å²) in [6.45, 7) is 0.823. The third kappa shape index (κ3) is 3.43. The summed E-state index contributed by atoms with van der Waals surface area (Å²) >= 11 is 0. The lowest BCUT2D eigenvalue weighted by atomic mass is 10.0. The number of nitrogens with one attached hydrogen (secondary N) is 1. The molecule has 5 heteroatoms. The average molecular weight is 351 g/mol. The first kappa shape index (κ1) is 16.6. The number of fused-ring (bicyclic) bond motifs is 2. The van der Waals surface area contributed by atoms with Crippen LogP contribution in [0.25, 0.3) is 0 Å². The van der Waals surface area contributed by atoms with Crippen LogP contribution in [0.15, 0.2) is 42.5 Å². The summed E-state index contributed by atoms with van der Waals surface area (Å²) in [5.41, 5.74) is 4.11. The van der Waals surface area contributed by atoms with E-state index in [4.69, 9.17) is 9.47 Å². The normalized spacial score (nSPS) is 17.4. The molecule has 0 radical (unpaired) electrons. The van der Waals surface area contributed by atoms with Crippen molar-refractivity contribution in [2.75, 3.05) is 13.2 Å². The second-order valence-corrected chi connectivity index (χ2v) is 6.67. The van der Waals surface area contributed by atoms with Crippen LogP contribution in [0.5, 0.6) is 5.75 Å². The monoisotopic (exact) mass is 351 g/mol. The SMILES string of the molecule is O=C(CC1OC(=O)c2ccccc21)NCCOc1ccc2c(c1)CCC2. The maximum Gasteiger partial charge on any atom is 0.339 e. The van der Waals surface area contributed by atoms with E-state index >= 15 is 0 Å². The van der Waals surface area contributed by atoms with E-state index in [9.17, 15) is 9.59 Å². The fourth-order valence-electron chi connectivity index (χ4n) is 3.61. The van der Waals surface area contributed by atoms with Crippen LogP contribution in [0.2, 0.25) is 0 Å². The molecule has 2 aliphatic rings. The van der Waals surface area contributed by atoms with Gasteiger partial charge in [0.1, 0.15) is 18.5 Å². The number of cyclic esters (lactones) is 1. The number of benzene rings is 2. The van der Waals surface area contributed by atoms with Crippen molar-refractivity contribution in [3.8, 4) is 5.75 Å². The molecule has 2 aromatic rings. The second-order valence-electron chi connectivity index (χ2n) is 6.67. The van der Waals surface area contributed by atoms with Crippen molar-refractivity contribution in [2.45, 2.75) is 31.8 Å². The van der Waals surface area contributed by atoms with E-state index in [-0.39, 0.29) is 18.3 Å². The maximum absolute atomic E-state index is 12.1. The Balaban J connectivity index is 1.23. The minimum Gasteiger partial charge on any atom is -0.492 e. The fourth-order valence-corrected chi connectivity index (χ4v) is 3.61. The van der Waals surface area contributed by atoms with Gasteiger partial charge in [-0.3, -0.25) is 4.79 Å². The smallest absolute Gasteiger partial charge is 0.339 e. The molecule has 1 unspecified atom stereocenters. The number of carbonyl (C=O) groups is 2. The third-order valence-electron chi connectivity index (χ3n) is 4.91. The van der Waals surface area contributed by atoms with Crippen molar-refractivity contribution < 1.29 is 19.1 Å². The predicted molar refractivity (Wildman–Crippen MR) is 96.2 cm³/mol. The Bertz CT molecular complexity index is 846. The zero-order valence-corrected chi connectivity index (χ0v) is 14.5. The van der Waals surface area contributed by atoms with Crippen LogP contribution in [-0.4, -0.2) is 25.0 Å². The van der Waals surface area contributed by atoms with Crippen molar-refractivity contribution in [2.24, 2.45) is 0 Å². The summed E-state index contributed by atoms with van der Waals surface area (Å²) in [7, 11) is 0. The van der Waals surface area contributed by atoms with Gasteiger partial charge in [0, 0.05) is 5.56 Å². The van der Waals surface area contributed by atoms with E-state index in [1.807, 2.05) is 18.2 Å². The number of esters is 1. The largest absolute Gasteiger partial charge is 0.492 e. The fraction of sp³-hybridized carbons (Fsp3) is 0.333. The molecule has 1 amide bonds. The van der Waals surface area contributed by atoms with Crippen LogP contribution in [0.4, 0.5) is 0 Å². The molecule has 1 heterocycles. The van der Waals surface area contributed by atoms with Crippen molar-refractivity contribution in [3.05, 3.63) is 64.7 Å². The first-order chi connectivity index (χ1) is 12.7. The maximum atomic E-state index is 12.1.